The molecule has 1 N–H and O–H groups in total. The average molecular weight is 285 g/mol. The van der Waals surface area contributed by atoms with Crippen molar-refractivity contribution in [2.45, 2.75) is 45.8 Å². The van der Waals surface area contributed by atoms with Crippen LogP contribution in [0.2, 0.25) is 0 Å². The molecule has 21 heavy (non-hydrogen) atoms. The molecule has 0 saturated heterocycles. The molecule has 0 aliphatic heterocycles. The Morgan fingerprint density at radius 1 is 1.19 bits per heavy atom. The summed E-state index contributed by atoms with van der Waals surface area (Å²) in [6.45, 7) is 6.03. The number of aromatic nitrogens is 1. The monoisotopic (exact) mass is 285 g/mol. The first-order valence-electron chi connectivity index (χ1n) is 7.40. The van der Waals surface area contributed by atoms with Crippen LogP contribution in [0.5, 0.6) is 5.75 Å². The molecule has 112 valence electrons. The standard InChI is InChI=1S/C18H23NO2/c1-13(2)21-17-10-16(11-19-12-17)18(20)8-7-15-6-4-5-14(3)9-15/h4-6,9-13,18,20H,7-8H2,1-3H3. The van der Waals surface area contributed by atoms with E-state index in [-0.39, 0.29) is 6.10 Å². The third-order valence-corrected chi connectivity index (χ3v) is 3.28. The smallest absolute Gasteiger partial charge is 0.138 e. The molecule has 0 bridgehead atoms. The van der Waals surface area contributed by atoms with E-state index in [0.29, 0.717) is 12.2 Å². The molecule has 3 nitrogen and oxygen atoms in total. The highest BCUT2D eigenvalue weighted by molar-refractivity contribution is 5.26. The summed E-state index contributed by atoms with van der Waals surface area (Å²) < 4.78 is 5.61. The lowest BCUT2D eigenvalue weighted by Gasteiger charge is -2.14. The fourth-order valence-electron chi connectivity index (χ4n) is 2.29. The average Bonchev–Trinajstić information content (AvgIpc) is 2.44. The Balaban J connectivity index is 1.98. The SMILES string of the molecule is Cc1cccc(CCC(O)c2cncc(OC(C)C)c2)c1. The van der Waals surface area contributed by atoms with Crippen molar-refractivity contribution in [3.8, 4) is 5.75 Å². The number of aliphatic hydroxyl groups excluding tert-OH is 1. The highest BCUT2D eigenvalue weighted by Gasteiger charge is 2.10. The Morgan fingerprint density at radius 2 is 2.00 bits per heavy atom. The van der Waals surface area contributed by atoms with Gasteiger partial charge < -0.3 is 9.84 Å². The van der Waals surface area contributed by atoms with Gasteiger partial charge in [-0.1, -0.05) is 29.8 Å². The molecule has 1 atom stereocenters. The Hall–Kier alpha value is -1.87. The van der Waals surface area contributed by atoms with Crippen molar-refractivity contribution in [2.24, 2.45) is 0 Å². The van der Waals surface area contributed by atoms with Gasteiger partial charge in [-0.2, -0.15) is 0 Å². The molecule has 1 unspecified atom stereocenters. The van der Waals surface area contributed by atoms with Gasteiger partial charge in [-0.15, -0.1) is 0 Å². The van der Waals surface area contributed by atoms with Crippen LogP contribution in [0.1, 0.15) is 43.1 Å². The van der Waals surface area contributed by atoms with E-state index in [1.807, 2.05) is 19.9 Å². The lowest BCUT2D eigenvalue weighted by atomic mass is 10.0. The van der Waals surface area contributed by atoms with Gasteiger partial charge in [0.15, 0.2) is 0 Å². The van der Waals surface area contributed by atoms with Gasteiger partial charge in [0.25, 0.3) is 0 Å². The maximum absolute atomic E-state index is 10.3. The van der Waals surface area contributed by atoms with Gasteiger partial charge in [0.1, 0.15) is 5.75 Å². The predicted octanol–water partition coefficient (Wildman–Crippen LogP) is 3.84. The van der Waals surface area contributed by atoms with E-state index in [1.165, 1.54) is 11.1 Å². The van der Waals surface area contributed by atoms with Gasteiger partial charge in [0.2, 0.25) is 0 Å². The van der Waals surface area contributed by atoms with Gasteiger partial charge in [0, 0.05) is 11.8 Å². The van der Waals surface area contributed by atoms with Crippen molar-refractivity contribution in [1.82, 2.24) is 4.98 Å². The first-order valence-corrected chi connectivity index (χ1v) is 7.40. The Bertz CT molecular complexity index is 581. The van der Waals surface area contributed by atoms with Crippen LogP contribution in [0.4, 0.5) is 0 Å². The normalized spacial score (nSPS) is 12.4. The van der Waals surface area contributed by atoms with E-state index in [4.69, 9.17) is 4.74 Å². The number of benzene rings is 1. The summed E-state index contributed by atoms with van der Waals surface area (Å²) in [4.78, 5) is 4.14. The number of nitrogens with zero attached hydrogens (tertiary/aromatic N) is 1. The molecule has 2 aromatic rings. The zero-order chi connectivity index (χ0) is 15.2. The van der Waals surface area contributed by atoms with Crippen LogP contribution < -0.4 is 4.74 Å². The van der Waals surface area contributed by atoms with Crippen LogP contribution in [0.25, 0.3) is 0 Å². The molecule has 2 rings (SSSR count). The fraction of sp³-hybridized carbons (Fsp3) is 0.389. The topological polar surface area (TPSA) is 42.4 Å². The number of pyridine rings is 1. The number of hydrogen-bond acceptors (Lipinski definition) is 3. The Morgan fingerprint density at radius 3 is 2.71 bits per heavy atom. The van der Waals surface area contributed by atoms with Crippen molar-refractivity contribution in [2.75, 3.05) is 0 Å². The zero-order valence-electron chi connectivity index (χ0n) is 12.9. The summed E-state index contributed by atoms with van der Waals surface area (Å²) >= 11 is 0. The van der Waals surface area contributed by atoms with Crippen molar-refractivity contribution in [1.29, 1.82) is 0 Å². The van der Waals surface area contributed by atoms with E-state index in [9.17, 15) is 5.11 Å². The molecule has 0 aliphatic carbocycles. The van der Waals surface area contributed by atoms with Crippen LogP contribution in [0, 0.1) is 6.92 Å². The lowest BCUT2D eigenvalue weighted by molar-refractivity contribution is 0.166. The minimum atomic E-state index is -0.520. The molecule has 3 heteroatoms. The van der Waals surface area contributed by atoms with Crippen LogP contribution in [-0.4, -0.2) is 16.2 Å². The molecule has 0 amide bonds. The molecule has 1 aromatic carbocycles. The summed E-state index contributed by atoms with van der Waals surface area (Å²) in [5, 5.41) is 10.3. The number of hydrogen-bond donors (Lipinski definition) is 1. The number of aryl methyl sites for hydroxylation is 2. The number of rotatable bonds is 6. The second-order valence-corrected chi connectivity index (χ2v) is 5.66. The maximum Gasteiger partial charge on any atom is 0.138 e. The van der Waals surface area contributed by atoms with E-state index in [2.05, 4.69) is 36.2 Å². The number of aliphatic hydroxyl groups is 1. The third kappa shape index (κ3) is 4.87. The minimum absolute atomic E-state index is 0.103. The van der Waals surface area contributed by atoms with Crippen LogP contribution in [-0.2, 0) is 6.42 Å². The summed E-state index contributed by atoms with van der Waals surface area (Å²) in [5.74, 6) is 0.706. The zero-order valence-corrected chi connectivity index (χ0v) is 12.9. The van der Waals surface area contributed by atoms with Crippen LogP contribution in [0.3, 0.4) is 0 Å². The van der Waals surface area contributed by atoms with Crippen molar-refractivity contribution >= 4 is 0 Å². The summed E-state index contributed by atoms with van der Waals surface area (Å²) in [6.07, 6.45) is 4.49. The molecule has 0 aliphatic rings. The van der Waals surface area contributed by atoms with E-state index >= 15 is 0 Å². The van der Waals surface area contributed by atoms with E-state index in [1.54, 1.807) is 12.4 Å². The lowest BCUT2D eigenvalue weighted by Crippen LogP contribution is -2.07. The molecule has 0 spiro atoms. The first kappa shape index (κ1) is 15.5. The van der Waals surface area contributed by atoms with Crippen LogP contribution >= 0.6 is 0 Å². The van der Waals surface area contributed by atoms with Crippen molar-refractivity contribution < 1.29 is 9.84 Å². The van der Waals surface area contributed by atoms with Crippen LogP contribution in [0.15, 0.2) is 42.7 Å². The van der Waals surface area contributed by atoms with E-state index in [0.717, 1.165) is 12.0 Å². The second kappa shape index (κ2) is 7.23. The Labute approximate surface area is 126 Å². The van der Waals surface area contributed by atoms with E-state index < -0.39 is 6.10 Å². The molecular formula is C18H23NO2. The summed E-state index contributed by atoms with van der Waals surface area (Å²) in [6, 6.07) is 10.2. The van der Waals surface area contributed by atoms with Gasteiger partial charge in [-0.05, 0) is 45.2 Å². The van der Waals surface area contributed by atoms with Crippen molar-refractivity contribution in [3.63, 3.8) is 0 Å². The summed E-state index contributed by atoms with van der Waals surface area (Å²) in [5.41, 5.74) is 3.30. The third-order valence-electron chi connectivity index (χ3n) is 3.28. The Kier molecular flexibility index (Phi) is 5.34. The van der Waals surface area contributed by atoms with Crippen molar-refractivity contribution in [3.05, 3.63) is 59.4 Å². The predicted molar refractivity (Wildman–Crippen MR) is 84.5 cm³/mol. The van der Waals surface area contributed by atoms with Gasteiger partial charge in [-0.3, -0.25) is 4.98 Å². The van der Waals surface area contributed by atoms with Gasteiger partial charge in [0.05, 0.1) is 18.4 Å². The maximum atomic E-state index is 10.3. The highest BCUT2D eigenvalue weighted by atomic mass is 16.5. The second-order valence-electron chi connectivity index (χ2n) is 5.66. The number of ether oxygens (including phenoxy) is 1. The highest BCUT2D eigenvalue weighted by Crippen LogP contribution is 2.22. The van der Waals surface area contributed by atoms with Gasteiger partial charge >= 0.3 is 0 Å². The molecular weight excluding hydrogens is 262 g/mol. The molecule has 0 radical (unpaired) electrons. The molecule has 0 saturated carbocycles. The van der Waals surface area contributed by atoms with Gasteiger partial charge in [-0.25, -0.2) is 0 Å². The molecule has 1 heterocycles. The minimum Gasteiger partial charge on any atom is -0.489 e. The molecule has 1 aromatic heterocycles. The first-order chi connectivity index (χ1) is 10.0. The molecule has 0 fully saturated rings. The fourth-order valence-corrected chi connectivity index (χ4v) is 2.29. The summed E-state index contributed by atoms with van der Waals surface area (Å²) in [7, 11) is 0. The quantitative estimate of drug-likeness (QED) is 0.876. The largest absolute Gasteiger partial charge is 0.489 e.